The Hall–Kier alpha value is -0.670. The standard InChI is InChI=1S/C11H18O3/c1-8(7-12)5-9-3-4-10(13)11(6-9)14-2/h5,7,9-11,13H,3-4,6H2,1-2H3/b8-5+/t9-,10+,11+/m0/s1. The first-order valence-corrected chi connectivity index (χ1v) is 5.01. The quantitative estimate of drug-likeness (QED) is 0.549. The van der Waals surface area contributed by atoms with Gasteiger partial charge in [-0.3, -0.25) is 4.79 Å². The molecule has 0 heterocycles. The topological polar surface area (TPSA) is 46.5 Å². The molecule has 0 radical (unpaired) electrons. The van der Waals surface area contributed by atoms with Crippen molar-refractivity contribution in [2.45, 2.75) is 38.4 Å². The third-order valence-electron chi connectivity index (χ3n) is 2.78. The third kappa shape index (κ3) is 2.93. The Morgan fingerprint density at radius 3 is 2.79 bits per heavy atom. The molecule has 3 heteroatoms. The van der Waals surface area contributed by atoms with Crippen LogP contribution in [-0.4, -0.2) is 30.7 Å². The molecule has 0 aliphatic heterocycles. The number of hydrogen-bond acceptors (Lipinski definition) is 3. The monoisotopic (exact) mass is 198 g/mol. The van der Waals surface area contributed by atoms with Crippen molar-refractivity contribution in [3.8, 4) is 0 Å². The highest BCUT2D eigenvalue weighted by atomic mass is 16.5. The molecule has 1 rings (SSSR count). The number of carbonyl (C=O) groups is 1. The molecular formula is C11H18O3. The minimum atomic E-state index is -0.346. The van der Waals surface area contributed by atoms with E-state index in [0.717, 1.165) is 31.1 Å². The van der Waals surface area contributed by atoms with Gasteiger partial charge in [-0.25, -0.2) is 0 Å². The lowest BCUT2D eigenvalue weighted by molar-refractivity contribution is -0.104. The van der Waals surface area contributed by atoms with E-state index in [1.807, 2.05) is 6.08 Å². The fraction of sp³-hybridized carbons (Fsp3) is 0.727. The number of aldehydes is 1. The van der Waals surface area contributed by atoms with E-state index < -0.39 is 0 Å². The number of aliphatic hydroxyl groups excluding tert-OH is 1. The van der Waals surface area contributed by atoms with E-state index >= 15 is 0 Å². The highest BCUT2D eigenvalue weighted by molar-refractivity contribution is 5.72. The second-order valence-corrected chi connectivity index (χ2v) is 3.94. The molecule has 0 spiro atoms. The second kappa shape index (κ2) is 5.27. The fourth-order valence-corrected chi connectivity index (χ4v) is 1.96. The van der Waals surface area contributed by atoms with E-state index in [1.165, 1.54) is 0 Å². The minimum Gasteiger partial charge on any atom is -0.390 e. The fourth-order valence-electron chi connectivity index (χ4n) is 1.96. The van der Waals surface area contributed by atoms with E-state index in [1.54, 1.807) is 14.0 Å². The Bertz CT molecular complexity index is 223. The molecule has 1 saturated carbocycles. The van der Waals surface area contributed by atoms with Gasteiger partial charge in [0.1, 0.15) is 6.29 Å². The Labute approximate surface area is 84.8 Å². The number of rotatable bonds is 3. The average molecular weight is 198 g/mol. The van der Waals surface area contributed by atoms with Gasteiger partial charge in [0.25, 0.3) is 0 Å². The maximum Gasteiger partial charge on any atom is 0.145 e. The summed E-state index contributed by atoms with van der Waals surface area (Å²) >= 11 is 0. The number of ether oxygens (including phenoxy) is 1. The molecule has 1 N–H and O–H groups in total. The first kappa shape index (κ1) is 11.4. The summed E-state index contributed by atoms with van der Waals surface area (Å²) in [6.45, 7) is 1.81. The van der Waals surface area contributed by atoms with Crippen LogP contribution in [0.15, 0.2) is 11.6 Å². The summed E-state index contributed by atoms with van der Waals surface area (Å²) in [5, 5.41) is 9.56. The van der Waals surface area contributed by atoms with Crippen LogP contribution in [0.3, 0.4) is 0 Å². The second-order valence-electron chi connectivity index (χ2n) is 3.94. The van der Waals surface area contributed by atoms with Crippen molar-refractivity contribution in [2.24, 2.45) is 5.92 Å². The molecule has 1 aliphatic carbocycles. The summed E-state index contributed by atoms with van der Waals surface area (Å²) in [6.07, 6.45) is 4.92. The van der Waals surface area contributed by atoms with Crippen LogP contribution in [0.1, 0.15) is 26.2 Å². The Kier molecular flexibility index (Phi) is 4.29. The van der Waals surface area contributed by atoms with Gasteiger partial charge in [0, 0.05) is 7.11 Å². The van der Waals surface area contributed by atoms with E-state index in [4.69, 9.17) is 4.74 Å². The molecular weight excluding hydrogens is 180 g/mol. The summed E-state index contributed by atoms with van der Waals surface area (Å²) in [7, 11) is 1.62. The first-order valence-electron chi connectivity index (χ1n) is 5.01. The van der Waals surface area contributed by atoms with Gasteiger partial charge in [-0.1, -0.05) is 6.08 Å². The van der Waals surface area contributed by atoms with Crippen LogP contribution >= 0.6 is 0 Å². The third-order valence-corrected chi connectivity index (χ3v) is 2.78. The van der Waals surface area contributed by atoms with Crippen LogP contribution in [0.2, 0.25) is 0 Å². The molecule has 80 valence electrons. The van der Waals surface area contributed by atoms with Crippen LogP contribution in [0.4, 0.5) is 0 Å². The Balaban J connectivity index is 2.54. The maximum absolute atomic E-state index is 10.4. The Morgan fingerprint density at radius 1 is 1.50 bits per heavy atom. The lowest BCUT2D eigenvalue weighted by Crippen LogP contribution is -2.34. The van der Waals surface area contributed by atoms with Crippen molar-refractivity contribution < 1.29 is 14.6 Å². The number of methoxy groups -OCH3 is 1. The maximum atomic E-state index is 10.4. The van der Waals surface area contributed by atoms with E-state index in [2.05, 4.69) is 0 Å². The van der Waals surface area contributed by atoms with Gasteiger partial charge in [-0.2, -0.15) is 0 Å². The molecule has 1 aliphatic rings. The normalized spacial score (nSPS) is 34.2. The number of hydrogen-bond donors (Lipinski definition) is 1. The molecule has 14 heavy (non-hydrogen) atoms. The highest BCUT2D eigenvalue weighted by Gasteiger charge is 2.27. The largest absolute Gasteiger partial charge is 0.390 e. The van der Waals surface area contributed by atoms with Crippen molar-refractivity contribution in [3.63, 3.8) is 0 Å². The molecule has 0 amide bonds. The van der Waals surface area contributed by atoms with Crippen LogP contribution in [0.25, 0.3) is 0 Å². The SMILES string of the molecule is CO[C@@H]1C[C@H](/C=C(\C)C=O)CC[C@H]1O. The molecule has 3 atom stereocenters. The molecule has 1 fully saturated rings. The van der Waals surface area contributed by atoms with Crippen molar-refractivity contribution in [1.29, 1.82) is 0 Å². The lowest BCUT2D eigenvalue weighted by Gasteiger charge is -2.30. The minimum absolute atomic E-state index is 0.0792. The van der Waals surface area contributed by atoms with E-state index in [9.17, 15) is 9.90 Å². The first-order chi connectivity index (χ1) is 6.67. The average Bonchev–Trinajstić information content (AvgIpc) is 2.20. The predicted octanol–water partition coefficient (Wildman–Crippen LogP) is 1.31. The van der Waals surface area contributed by atoms with Gasteiger partial charge < -0.3 is 9.84 Å². The van der Waals surface area contributed by atoms with Crippen LogP contribution in [-0.2, 0) is 9.53 Å². The highest BCUT2D eigenvalue weighted by Crippen LogP contribution is 2.27. The van der Waals surface area contributed by atoms with Gasteiger partial charge in [0.2, 0.25) is 0 Å². The predicted molar refractivity (Wildman–Crippen MR) is 54.0 cm³/mol. The summed E-state index contributed by atoms with van der Waals surface area (Å²) in [5.74, 6) is 0.369. The van der Waals surface area contributed by atoms with Crippen molar-refractivity contribution >= 4 is 6.29 Å². The van der Waals surface area contributed by atoms with Crippen molar-refractivity contribution in [3.05, 3.63) is 11.6 Å². The van der Waals surface area contributed by atoms with Gasteiger partial charge in [-0.05, 0) is 37.7 Å². The van der Waals surface area contributed by atoms with E-state index in [0.29, 0.717) is 5.92 Å². The molecule has 0 saturated heterocycles. The number of carbonyl (C=O) groups excluding carboxylic acids is 1. The van der Waals surface area contributed by atoms with Crippen molar-refractivity contribution in [1.82, 2.24) is 0 Å². The van der Waals surface area contributed by atoms with Crippen LogP contribution < -0.4 is 0 Å². The number of aliphatic hydroxyl groups is 1. The van der Waals surface area contributed by atoms with Gasteiger partial charge in [0.05, 0.1) is 12.2 Å². The molecule has 0 aromatic heterocycles. The van der Waals surface area contributed by atoms with Crippen LogP contribution in [0.5, 0.6) is 0 Å². The molecule has 3 nitrogen and oxygen atoms in total. The van der Waals surface area contributed by atoms with Gasteiger partial charge >= 0.3 is 0 Å². The van der Waals surface area contributed by atoms with Gasteiger partial charge in [-0.15, -0.1) is 0 Å². The smallest absolute Gasteiger partial charge is 0.145 e. The molecule has 0 unspecified atom stereocenters. The van der Waals surface area contributed by atoms with Crippen molar-refractivity contribution in [2.75, 3.05) is 7.11 Å². The van der Waals surface area contributed by atoms with Gasteiger partial charge in [0.15, 0.2) is 0 Å². The van der Waals surface area contributed by atoms with E-state index in [-0.39, 0.29) is 12.2 Å². The summed E-state index contributed by atoms with van der Waals surface area (Å²) in [4.78, 5) is 10.4. The molecule has 0 aromatic rings. The molecule has 0 bridgehead atoms. The Morgan fingerprint density at radius 2 is 2.21 bits per heavy atom. The zero-order chi connectivity index (χ0) is 10.6. The lowest BCUT2D eigenvalue weighted by atomic mass is 9.84. The summed E-state index contributed by atoms with van der Waals surface area (Å²) < 4.78 is 5.18. The summed E-state index contributed by atoms with van der Waals surface area (Å²) in [5.41, 5.74) is 0.765. The summed E-state index contributed by atoms with van der Waals surface area (Å²) in [6, 6.07) is 0. The molecule has 0 aromatic carbocycles. The van der Waals surface area contributed by atoms with Crippen LogP contribution in [0, 0.1) is 5.92 Å². The zero-order valence-electron chi connectivity index (χ0n) is 8.77. The number of allylic oxidation sites excluding steroid dienone is 2. The zero-order valence-corrected chi connectivity index (χ0v) is 8.77.